The predicted molar refractivity (Wildman–Crippen MR) is 116 cm³/mol. The third-order valence-electron chi connectivity index (χ3n) is 4.81. The second-order valence-electron chi connectivity index (χ2n) is 6.61. The lowest BCUT2D eigenvalue weighted by Gasteiger charge is -2.06. The van der Waals surface area contributed by atoms with Crippen molar-refractivity contribution >= 4 is 33.9 Å². The van der Waals surface area contributed by atoms with E-state index >= 15 is 0 Å². The summed E-state index contributed by atoms with van der Waals surface area (Å²) in [5.41, 5.74) is 3.87. The van der Waals surface area contributed by atoms with Gasteiger partial charge in [-0.3, -0.25) is 0 Å². The average molecular weight is 415 g/mol. The van der Waals surface area contributed by atoms with Gasteiger partial charge in [-0.2, -0.15) is 0 Å². The number of hydrogen-bond acceptors (Lipinski definition) is 6. The molecule has 30 heavy (non-hydrogen) atoms. The Morgan fingerprint density at radius 1 is 1.03 bits per heavy atom. The number of ether oxygens (including phenoxy) is 2. The fraction of sp³-hybridized carbons (Fsp3) is 0.0870. The summed E-state index contributed by atoms with van der Waals surface area (Å²) in [6, 6.07) is 21.2. The van der Waals surface area contributed by atoms with Crippen molar-refractivity contribution in [2.75, 3.05) is 6.61 Å². The molecule has 5 aromatic rings. The number of rotatable bonds is 5. The third-order valence-corrected chi connectivity index (χ3v) is 5.42. The van der Waals surface area contributed by atoms with Crippen LogP contribution in [0, 0.1) is 0 Å². The Morgan fingerprint density at radius 3 is 2.70 bits per heavy atom. The maximum Gasteiger partial charge on any atom is 0.340 e. The van der Waals surface area contributed by atoms with Crippen LogP contribution in [0.2, 0.25) is 0 Å². The van der Waals surface area contributed by atoms with Gasteiger partial charge in [0.25, 0.3) is 0 Å². The molecule has 0 fully saturated rings. The first-order valence-corrected chi connectivity index (χ1v) is 10.3. The number of pyridine rings is 1. The molecular formula is C23H17N3O3S. The lowest BCUT2D eigenvalue weighted by molar-refractivity contribution is 0.0531. The monoisotopic (exact) mass is 415 g/mol. The maximum atomic E-state index is 12.6. The lowest BCUT2D eigenvalue weighted by Crippen LogP contribution is -2.04. The summed E-state index contributed by atoms with van der Waals surface area (Å²) in [7, 11) is 0. The average Bonchev–Trinajstić information content (AvgIpc) is 3.37. The van der Waals surface area contributed by atoms with Gasteiger partial charge in [0.15, 0.2) is 0 Å². The van der Waals surface area contributed by atoms with E-state index in [-0.39, 0.29) is 5.97 Å². The molecule has 0 atom stereocenters. The van der Waals surface area contributed by atoms with Crippen molar-refractivity contribution in [3.05, 3.63) is 78.5 Å². The van der Waals surface area contributed by atoms with E-state index in [4.69, 9.17) is 9.47 Å². The van der Waals surface area contributed by atoms with Crippen molar-refractivity contribution in [2.24, 2.45) is 0 Å². The maximum absolute atomic E-state index is 12.6. The minimum absolute atomic E-state index is 0.326. The van der Waals surface area contributed by atoms with Crippen molar-refractivity contribution in [3.63, 3.8) is 0 Å². The summed E-state index contributed by atoms with van der Waals surface area (Å²) in [6.07, 6.45) is 1.92. The smallest absolute Gasteiger partial charge is 0.340 e. The molecule has 0 bridgehead atoms. The number of aromatic nitrogens is 3. The molecule has 0 saturated heterocycles. The van der Waals surface area contributed by atoms with Crippen molar-refractivity contribution in [2.45, 2.75) is 6.92 Å². The molecule has 0 unspecified atom stereocenters. The van der Waals surface area contributed by atoms with Gasteiger partial charge in [0.2, 0.25) is 5.06 Å². The largest absolute Gasteiger partial charge is 0.462 e. The first-order chi connectivity index (χ1) is 14.8. The van der Waals surface area contributed by atoms with E-state index in [9.17, 15) is 4.79 Å². The number of nitrogens with zero attached hydrogens (tertiary/aromatic N) is 3. The van der Waals surface area contributed by atoms with Crippen molar-refractivity contribution in [3.8, 4) is 22.1 Å². The summed E-state index contributed by atoms with van der Waals surface area (Å²) in [5.74, 6) is 0.312. The van der Waals surface area contributed by atoms with Crippen molar-refractivity contribution < 1.29 is 14.3 Å². The number of fused-ring (bicyclic) bond motifs is 3. The first kappa shape index (κ1) is 18.3. The summed E-state index contributed by atoms with van der Waals surface area (Å²) in [5, 5.41) is 5.65. The van der Waals surface area contributed by atoms with E-state index in [0.29, 0.717) is 28.7 Å². The molecule has 148 valence electrons. The van der Waals surface area contributed by atoms with Gasteiger partial charge in [-0.1, -0.05) is 40.9 Å². The van der Waals surface area contributed by atoms with Crippen LogP contribution in [-0.2, 0) is 4.74 Å². The zero-order chi connectivity index (χ0) is 20.5. The number of esters is 1. The predicted octanol–water partition coefficient (Wildman–Crippen LogP) is 5.58. The second-order valence-corrected chi connectivity index (χ2v) is 7.32. The van der Waals surface area contributed by atoms with E-state index in [1.807, 2.05) is 77.3 Å². The molecule has 3 aromatic heterocycles. The van der Waals surface area contributed by atoms with Gasteiger partial charge in [-0.15, -0.1) is 5.10 Å². The number of carbonyl (C=O) groups is 1. The standard InChI is InChI=1S/C23H17N3O3S/c1-2-28-22(27)20-17-12-11-16(14-19(17)26-13-7-6-10-18(20)26)29-23-21(24-25-30-23)15-8-4-3-5-9-15/h3-14H,2H2,1H3. The van der Waals surface area contributed by atoms with Crippen molar-refractivity contribution in [1.82, 2.24) is 14.0 Å². The first-order valence-electron chi connectivity index (χ1n) is 9.52. The van der Waals surface area contributed by atoms with E-state index in [1.165, 1.54) is 11.5 Å². The van der Waals surface area contributed by atoms with E-state index in [1.54, 1.807) is 6.92 Å². The van der Waals surface area contributed by atoms with Crippen LogP contribution in [0.5, 0.6) is 10.8 Å². The highest BCUT2D eigenvalue weighted by molar-refractivity contribution is 7.08. The summed E-state index contributed by atoms with van der Waals surface area (Å²) >= 11 is 1.20. The minimum atomic E-state index is -0.331. The molecule has 0 aliphatic carbocycles. The molecular weight excluding hydrogens is 398 g/mol. The fourth-order valence-electron chi connectivity index (χ4n) is 3.53. The zero-order valence-electron chi connectivity index (χ0n) is 16.1. The molecule has 0 saturated carbocycles. The molecule has 0 amide bonds. The highest BCUT2D eigenvalue weighted by atomic mass is 32.1. The van der Waals surface area contributed by atoms with Crippen LogP contribution in [0.15, 0.2) is 72.9 Å². The van der Waals surface area contributed by atoms with Crippen LogP contribution < -0.4 is 4.74 Å². The summed E-state index contributed by atoms with van der Waals surface area (Å²) < 4.78 is 17.5. The Morgan fingerprint density at radius 2 is 1.87 bits per heavy atom. The Balaban J connectivity index is 1.60. The second kappa shape index (κ2) is 7.61. The highest BCUT2D eigenvalue weighted by Crippen LogP contribution is 2.37. The molecule has 0 aliphatic rings. The van der Waals surface area contributed by atoms with Crippen LogP contribution in [0.3, 0.4) is 0 Å². The number of hydrogen-bond donors (Lipinski definition) is 0. The molecule has 6 nitrogen and oxygen atoms in total. The SMILES string of the molecule is CCOC(=O)c1c2ccc(Oc3snnc3-c3ccccc3)cc2n2ccccc12. The van der Waals surface area contributed by atoms with Gasteiger partial charge in [-0.25, -0.2) is 4.79 Å². The Bertz CT molecular complexity index is 1360. The van der Waals surface area contributed by atoms with Gasteiger partial charge in [0.05, 0.1) is 23.2 Å². The van der Waals surface area contributed by atoms with E-state index in [2.05, 4.69) is 9.59 Å². The Labute approximate surface area is 176 Å². The van der Waals surface area contributed by atoms with Gasteiger partial charge >= 0.3 is 5.97 Å². The lowest BCUT2D eigenvalue weighted by atomic mass is 10.1. The molecule has 0 radical (unpaired) electrons. The fourth-order valence-corrected chi connectivity index (χ4v) is 4.10. The van der Waals surface area contributed by atoms with Gasteiger partial charge < -0.3 is 13.9 Å². The van der Waals surface area contributed by atoms with Gasteiger partial charge in [0.1, 0.15) is 11.4 Å². The van der Waals surface area contributed by atoms with Crippen LogP contribution in [0.25, 0.3) is 27.7 Å². The van der Waals surface area contributed by atoms with E-state index in [0.717, 1.165) is 22.0 Å². The van der Waals surface area contributed by atoms with Crippen LogP contribution >= 0.6 is 11.5 Å². The molecule has 7 heteroatoms. The summed E-state index contributed by atoms with van der Waals surface area (Å²) in [6.45, 7) is 2.13. The molecule has 0 N–H and O–H groups in total. The Hall–Kier alpha value is -3.71. The highest BCUT2D eigenvalue weighted by Gasteiger charge is 2.20. The third kappa shape index (κ3) is 3.09. The quantitative estimate of drug-likeness (QED) is 0.351. The molecule has 2 aromatic carbocycles. The zero-order valence-corrected chi connectivity index (χ0v) is 16.9. The van der Waals surface area contributed by atoms with Gasteiger partial charge in [0, 0.05) is 34.7 Å². The summed E-state index contributed by atoms with van der Waals surface area (Å²) in [4.78, 5) is 12.6. The number of benzene rings is 2. The molecule has 0 aliphatic heterocycles. The number of carbonyl (C=O) groups excluding carboxylic acids is 1. The van der Waals surface area contributed by atoms with Crippen molar-refractivity contribution in [1.29, 1.82) is 0 Å². The normalized spacial score (nSPS) is 11.1. The van der Waals surface area contributed by atoms with Gasteiger partial charge in [-0.05, 0) is 31.2 Å². The van der Waals surface area contributed by atoms with Crippen LogP contribution in [0.4, 0.5) is 0 Å². The topological polar surface area (TPSA) is 65.7 Å². The molecule has 0 spiro atoms. The Kier molecular flexibility index (Phi) is 4.65. The van der Waals surface area contributed by atoms with Crippen LogP contribution in [0.1, 0.15) is 17.3 Å². The molecule has 3 heterocycles. The van der Waals surface area contributed by atoms with E-state index < -0.39 is 0 Å². The molecule has 5 rings (SSSR count). The van der Waals surface area contributed by atoms with Crippen LogP contribution in [-0.4, -0.2) is 26.6 Å². The minimum Gasteiger partial charge on any atom is -0.462 e.